The number of H-pyrrole nitrogens is 1. The van der Waals surface area contributed by atoms with Crippen LogP contribution in [-0.2, 0) is 11.2 Å². The van der Waals surface area contributed by atoms with E-state index in [9.17, 15) is 9.59 Å². The highest BCUT2D eigenvalue weighted by Gasteiger charge is 2.12. The normalized spacial score (nSPS) is 13.4. The lowest BCUT2D eigenvalue weighted by Crippen LogP contribution is -2.41. The molecule has 1 aromatic heterocycles. The summed E-state index contributed by atoms with van der Waals surface area (Å²) in [6.45, 7) is 4.13. The summed E-state index contributed by atoms with van der Waals surface area (Å²) in [5, 5.41) is 14.4. The van der Waals surface area contributed by atoms with Crippen LogP contribution >= 0.6 is 0 Å². The molecule has 0 bridgehead atoms. The Labute approximate surface area is 124 Å². The summed E-state index contributed by atoms with van der Waals surface area (Å²) >= 11 is 0. The summed E-state index contributed by atoms with van der Waals surface area (Å²) in [7, 11) is 0. The van der Waals surface area contributed by atoms with Gasteiger partial charge in [0.1, 0.15) is 5.82 Å². The smallest absolute Gasteiger partial charge is 0.315 e. The minimum absolute atomic E-state index is 0.0228. The van der Waals surface area contributed by atoms with Crippen molar-refractivity contribution in [3.63, 3.8) is 0 Å². The van der Waals surface area contributed by atoms with Crippen molar-refractivity contribution in [3.8, 4) is 0 Å². The van der Waals surface area contributed by atoms with Gasteiger partial charge in [0.15, 0.2) is 0 Å². The van der Waals surface area contributed by atoms with Gasteiger partial charge in [-0.2, -0.15) is 0 Å². The minimum atomic E-state index is -0.772. The molecular weight excluding hydrogens is 272 g/mol. The standard InChI is InChI=1S/C14H24N4O3/c1-10(13(19)20)4-3-5-11(2)18-14(21)17-7-6-12-15-8-9-16-12/h8-11H,3-7H2,1-2H3,(H,15,16)(H,19,20)(H2,17,18,21). The highest BCUT2D eigenvalue weighted by Crippen LogP contribution is 2.09. The van der Waals surface area contributed by atoms with Gasteiger partial charge < -0.3 is 20.7 Å². The molecule has 1 heterocycles. The summed E-state index contributed by atoms with van der Waals surface area (Å²) in [4.78, 5) is 29.4. The van der Waals surface area contributed by atoms with Crippen LogP contribution in [0.25, 0.3) is 0 Å². The largest absolute Gasteiger partial charge is 0.481 e. The van der Waals surface area contributed by atoms with E-state index in [-0.39, 0.29) is 18.0 Å². The Morgan fingerprint density at radius 3 is 2.76 bits per heavy atom. The number of aliphatic carboxylic acids is 1. The van der Waals surface area contributed by atoms with E-state index in [4.69, 9.17) is 5.11 Å². The van der Waals surface area contributed by atoms with Crippen LogP contribution in [0.4, 0.5) is 4.79 Å². The Kier molecular flexibility index (Phi) is 7.28. The lowest BCUT2D eigenvalue weighted by molar-refractivity contribution is -0.141. The SMILES string of the molecule is CC(CCCC(C)C(=O)O)NC(=O)NCCc1ncc[nH]1. The third-order valence-corrected chi connectivity index (χ3v) is 3.28. The molecule has 0 fully saturated rings. The van der Waals surface area contributed by atoms with Crippen molar-refractivity contribution in [1.29, 1.82) is 0 Å². The molecule has 0 aliphatic rings. The maximum Gasteiger partial charge on any atom is 0.315 e. The van der Waals surface area contributed by atoms with E-state index in [0.717, 1.165) is 18.7 Å². The summed E-state index contributed by atoms with van der Waals surface area (Å²) in [6.07, 6.45) is 6.25. The van der Waals surface area contributed by atoms with Gasteiger partial charge >= 0.3 is 12.0 Å². The molecule has 1 rings (SSSR count). The predicted molar refractivity (Wildman–Crippen MR) is 78.9 cm³/mol. The molecule has 1 aromatic rings. The third kappa shape index (κ3) is 7.34. The Morgan fingerprint density at radius 2 is 2.14 bits per heavy atom. The average Bonchev–Trinajstić information content (AvgIpc) is 2.91. The number of amides is 2. The second kappa shape index (κ2) is 8.99. The van der Waals surface area contributed by atoms with E-state index < -0.39 is 5.97 Å². The number of carbonyl (C=O) groups excluding carboxylic acids is 1. The molecule has 118 valence electrons. The first-order valence-electron chi connectivity index (χ1n) is 7.24. The summed E-state index contributed by atoms with van der Waals surface area (Å²) in [5.41, 5.74) is 0. The summed E-state index contributed by atoms with van der Waals surface area (Å²) in [6, 6.07) is -0.185. The highest BCUT2D eigenvalue weighted by molar-refractivity contribution is 5.74. The van der Waals surface area contributed by atoms with Crippen molar-refractivity contribution < 1.29 is 14.7 Å². The Bertz CT molecular complexity index is 433. The minimum Gasteiger partial charge on any atom is -0.481 e. The van der Waals surface area contributed by atoms with Gasteiger partial charge in [-0.05, 0) is 19.8 Å². The Morgan fingerprint density at radius 1 is 1.38 bits per heavy atom. The van der Waals surface area contributed by atoms with Crippen LogP contribution in [0, 0.1) is 5.92 Å². The number of aromatic nitrogens is 2. The topological polar surface area (TPSA) is 107 Å². The van der Waals surface area contributed by atoms with Gasteiger partial charge in [0.05, 0.1) is 5.92 Å². The van der Waals surface area contributed by atoms with Crippen molar-refractivity contribution in [2.45, 2.75) is 45.6 Å². The predicted octanol–water partition coefficient (Wildman–Crippen LogP) is 1.53. The average molecular weight is 296 g/mol. The van der Waals surface area contributed by atoms with Crippen molar-refractivity contribution >= 4 is 12.0 Å². The molecule has 0 saturated carbocycles. The second-order valence-electron chi connectivity index (χ2n) is 5.26. The van der Waals surface area contributed by atoms with Crippen molar-refractivity contribution in [2.75, 3.05) is 6.54 Å². The number of carboxylic acid groups (broad SMARTS) is 1. The molecule has 0 radical (unpaired) electrons. The molecular formula is C14H24N4O3. The Hall–Kier alpha value is -2.05. The van der Waals surface area contributed by atoms with E-state index in [1.165, 1.54) is 0 Å². The number of carbonyl (C=O) groups is 2. The molecule has 0 aliphatic heterocycles. The van der Waals surface area contributed by atoms with E-state index in [0.29, 0.717) is 19.4 Å². The van der Waals surface area contributed by atoms with Gasteiger partial charge in [0, 0.05) is 31.4 Å². The lowest BCUT2D eigenvalue weighted by atomic mass is 10.0. The fraction of sp³-hybridized carbons (Fsp3) is 0.643. The molecule has 2 amide bonds. The number of rotatable bonds is 9. The summed E-state index contributed by atoms with van der Waals surface area (Å²) in [5.74, 6) is -0.267. The number of nitrogens with one attached hydrogen (secondary N) is 3. The number of urea groups is 1. The zero-order chi connectivity index (χ0) is 15.7. The maximum absolute atomic E-state index is 11.6. The van der Waals surface area contributed by atoms with E-state index in [1.807, 2.05) is 6.92 Å². The van der Waals surface area contributed by atoms with Crippen molar-refractivity contribution in [3.05, 3.63) is 18.2 Å². The van der Waals surface area contributed by atoms with Crippen molar-refractivity contribution in [2.24, 2.45) is 5.92 Å². The molecule has 0 spiro atoms. The number of carboxylic acids is 1. The van der Waals surface area contributed by atoms with Gasteiger partial charge in [-0.25, -0.2) is 9.78 Å². The Balaban J connectivity index is 2.08. The van der Waals surface area contributed by atoms with Gasteiger partial charge in [-0.1, -0.05) is 13.3 Å². The zero-order valence-electron chi connectivity index (χ0n) is 12.6. The maximum atomic E-state index is 11.6. The van der Waals surface area contributed by atoms with Crippen LogP contribution in [0.1, 0.15) is 38.9 Å². The molecule has 2 unspecified atom stereocenters. The molecule has 7 nitrogen and oxygen atoms in total. The van der Waals surface area contributed by atoms with E-state index >= 15 is 0 Å². The second-order valence-corrected chi connectivity index (χ2v) is 5.26. The summed E-state index contributed by atoms with van der Waals surface area (Å²) < 4.78 is 0. The van der Waals surface area contributed by atoms with E-state index in [2.05, 4.69) is 20.6 Å². The highest BCUT2D eigenvalue weighted by atomic mass is 16.4. The molecule has 21 heavy (non-hydrogen) atoms. The molecule has 7 heteroatoms. The van der Waals surface area contributed by atoms with Crippen LogP contribution in [0.5, 0.6) is 0 Å². The van der Waals surface area contributed by atoms with E-state index in [1.54, 1.807) is 19.3 Å². The third-order valence-electron chi connectivity index (χ3n) is 3.28. The molecule has 0 saturated heterocycles. The van der Waals surface area contributed by atoms with Gasteiger partial charge in [0.2, 0.25) is 0 Å². The van der Waals surface area contributed by atoms with Crippen molar-refractivity contribution in [1.82, 2.24) is 20.6 Å². The van der Waals surface area contributed by atoms with Crippen LogP contribution in [-0.4, -0.2) is 39.7 Å². The van der Waals surface area contributed by atoms with Gasteiger partial charge in [-0.15, -0.1) is 0 Å². The fourth-order valence-corrected chi connectivity index (χ4v) is 1.93. The first-order chi connectivity index (χ1) is 9.99. The number of nitrogens with zero attached hydrogens (tertiary/aromatic N) is 1. The van der Waals surface area contributed by atoms with Gasteiger partial charge in [-0.3, -0.25) is 4.79 Å². The molecule has 4 N–H and O–H groups in total. The quantitative estimate of drug-likeness (QED) is 0.554. The first-order valence-corrected chi connectivity index (χ1v) is 7.24. The van der Waals surface area contributed by atoms with Crippen LogP contribution in [0.2, 0.25) is 0 Å². The lowest BCUT2D eigenvalue weighted by Gasteiger charge is -2.15. The van der Waals surface area contributed by atoms with Crippen LogP contribution < -0.4 is 10.6 Å². The monoisotopic (exact) mass is 296 g/mol. The molecule has 2 atom stereocenters. The van der Waals surface area contributed by atoms with Crippen LogP contribution in [0.15, 0.2) is 12.4 Å². The zero-order valence-corrected chi connectivity index (χ0v) is 12.6. The number of hydrogen-bond donors (Lipinski definition) is 4. The van der Waals surface area contributed by atoms with Gasteiger partial charge in [0.25, 0.3) is 0 Å². The number of aromatic amines is 1. The van der Waals surface area contributed by atoms with Crippen LogP contribution in [0.3, 0.4) is 0 Å². The fourth-order valence-electron chi connectivity index (χ4n) is 1.93. The molecule has 0 aromatic carbocycles. The first kappa shape index (κ1) is 17.0. The number of hydrogen-bond acceptors (Lipinski definition) is 3. The molecule has 0 aliphatic carbocycles. The number of imidazole rings is 1.